The van der Waals surface area contributed by atoms with Crippen molar-refractivity contribution in [1.29, 1.82) is 0 Å². The zero-order chi connectivity index (χ0) is 15.9. The van der Waals surface area contributed by atoms with Crippen LogP contribution in [0.3, 0.4) is 0 Å². The number of hydrogen-bond acceptors (Lipinski definition) is 5. The number of aromatic nitrogens is 2. The number of nitrogens with zero attached hydrogens (tertiary/aromatic N) is 4. The van der Waals surface area contributed by atoms with E-state index in [9.17, 15) is 14.7 Å². The van der Waals surface area contributed by atoms with Gasteiger partial charge in [0.2, 0.25) is 0 Å². The molecule has 2 aliphatic rings. The second kappa shape index (κ2) is 5.31. The highest BCUT2D eigenvalue weighted by atomic mass is 16.4. The van der Waals surface area contributed by atoms with E-state index in [2.05, 4.69) is 9.97 Å². The van der Waals surface area contributed by atoms with Crippen molar-refractivity contribution in [2.24, 2.45) is 11.3 Å². The maximum Gasteiger partial charge on any atom is 0.313 e. The van der Waals surface area contributed by atoms with Crippen molar-refractivity contribution >= 4 is 11.9 Å². The van der Waals surface area contributed by atoms with Crippen LogP contribution in [0, 0.1) is 18.3 Å². The molecule has 3 heterocycles. The van der Waals surface area contributed by atoms with E-state index in [1.807, 2.05) is 11.9 Å². The molecule has 0 bridgehead atoms. The van der Waals surface area contributed by atoms with Crippen LogP contribution in [0.5, 0.6) is 0 Å². The number of aliphatic carboxylic acids is 1. The fourth-order valence-corrected chi connectivity index (χ4v) is 3.59. The molecular formula is C15H20N4O3. The third-order valence-corrected chi connectivity index (χ3v) is 4.82. The fourth-order valence-electron chi connectivity index (χ4n) is 3.59. The molecule has 1 amide bonds. The summed E-state index contributed by atoms with van der Waals surface area (Å²) in [5, 5.41) is 9.73. The molecule has 22 heavy (non-hydrogen) atoms. The van der Waals surface area contributed by atoms with Crippen molar-refractivity contribution in [2.45, 2.75) is 13.3 Å². The van der Waals surface area contributed by atoms with E-state index in [-0.39, 0.29) is 24.1 Å². The molecule has 0 unspecified atom stereocenters. The smallest absolute Gasteiger partial charge is 0.313 e. The second-order valence-corrected chi connectivity index (χ2v) is 6.41. The van der Waals surface area contributed by atoms with Gasteiger partial charge in [-0.3, -0.25) is 14.6 Å². The van der Waals surface area contributed by atoms with Gasteiger partial charge < -0.3 is 14.9 Å². The lowest BCUT2D eigenvalue weighted by molar-refractivity contribution is -0.153. The minimum absolute atomic E-state index is 0.00329. The topological polar surface area (TPSA) is 86.6 Å². The number of hydrogen-bond donors (Lipinski definition) is 1. The van der Waals surface area contributed by atoms with Gasteiger partial charge in [0.15, 0.2) is 0 Å². The first-order valence-corrected chi connectivity index (χ1v) is 7.42. The molecule has 0 aliphatic carbocycles. The monoisotopic (exact) mass is 304 g/mol. The SMILES string of the molecule is Cc1cnc(C(=O)N2C[C@@H]3CCN(C)C[C@]3(C(=O)O)C2)cn1. The number of fused-ring (bicyclic) bond motifs is 1. The molecule has 7 nitrogen and oxygen atoms in total. The molecule has 1 aromatic heterocycles. The Morgan fingerprint density at radius 3 is 2.73 bits per heavy atom. The number of rotatable bonds is 2. The van der Waals surface area contributed by atoms with Gasteiger partial charge in [-0.15, -0.1) is 0 Å². The van der Waals surface area contributed by atoms with Crippen molar-refractivity contribution < 1.29 is 14.7 Å². The molecule has 0 saturated carbocycles. The van der Waals surface area contributed by atoms with Gasteiger partial charge in [-0.1, -0.05) is 0 Å². The Morgan fingerprint density at radius 2 is 2.09 bits per heavy atom. The molecule has 2 saturated heterocycles. The molecule has 118 valence electrons. The van der Waals surface area contributed by atoms with E-state index in [0.717, 1.165) is 18.7 Å². The van der Waals surface area contributed by atoms with Crippen molar-refractivity contribution in [2.75, 3.05) is 33.2 Å². The Morgan fingerprint density at radius 1 is 1.32 bits per heavy atom. The molecule has 1 aromatic rings. The summed E-state index contributed by atoms with van der Waals surface area (Å²) < 4.78 is 0. The molecular weight excluding hydrogens is 284 g/mol. The largest absolute Gasteiger partial charge is 0.481 e. The van der Waals surface area contributed by atoms with E-state index in [0.29, 0.717) is 13.1 Å². The lowest BCUT2D eigenvalue weighted by Gasteiger charge is -2.39. The lowest BCUT2D eigenvalue weighted by Crippen LogP contribution is -2.52. The van der Waals surface area contributed by atoms with Gasteiger partial charge in [-0.25, -0.2) is 4.98 Å². The summed E-state index contributed by atoms with van der Waals surface area (Å²) in [4.78, 5) is 36.3. The minimum atomic E-state index is -0.860. The number of amides is 1. The molecule has 3 rings (SSSR count). The molecule has 0 radical (unpaired) electrons. The maximum absolute atomic E-state index is 12.6. The quantitative estimate of drug-likeness (QED) is 0.843. The highest BCUT2D eigenvalue weighted by Gasteiger charge is 2.55. The number of carbonyl (C=O) groups excluding carboxylic acids is 1. The van der Waals surface area contributed by atoms with Crippen molar-refractivity contribution in [3.63, 3.8) is 0 Å². The number of carboxylic acids is 1. The van der Waals surface area contributed by atoms with Gasteiger partial charge in [0, 0.05) is 25.8 Å². The Labute approximate surface area is 129 Å². The average molecular weight is 304 g/mol. The average Bonchev–Trinajstić information content (AvgIpc) is 2.87. The van der Waals surface area contributed by atoms with Crippen LogP contribution in [-0.2, 0) is 4.79 Å². The summed E-state index contributed by atoms with van der Waals surface area (Å²) in [6.07, 6.45) is 3.81. The Balaban J connectivity index is 1.84. The van der Waals surface area contributed by atoms with E-state index in [1.54, 1.807) is 18.0 Å². The van der Waals surface area contributed by atoms with Crippen LogP contribution >= 0.6 is 0 Å². The third kappa shape index (κ3) is 2.35. The second-order valence-electron chi connectivity index (χ2n) is 6.41. The number of piperidine rings is 1. The molecule has 2 atom stereocenters. The van der Waals surface area contributed by atoms with Crippen molar-refractivity contribution in [3.05, 3.63) is 23.8 Å². The minimum Gasteiger partial charge on any atom is -0.481 e. The Bertz CT molecular complexity index is 603. The highest BCUT2D eigenvalue weighted by molar-refractivity contribution is 5.93. The van der Waals surface area contributed by atoms with Gasteiger partial charge in [0.05, 0.1) is 11.9 Å². The van der Waals surface area contributed by atoms with Gasteiger partial charge in [0.25, 0.3) is 5.91 Å². The number of carboxylic acid groups (broad SMARTS) is 1. The van der Waals surface area contributed by atoms with Crippen LogP contribution in [0.4, 0.5) is 0 Å². The van der Waals surface area contributed by atoms with Gasteiger partial charge >= 0.3 is 5.97 Å². The zero-order valence-corrected chi connectivity index (χ0v) is 12.8. The fraction of sp³-hybridized carbons (Fsp3) is 0.600. The summed E-state index contributed by atoms with van der Waals surface area (Å²) in [7, 11) is 1.93. The molecule has 7 heteroatoms. The number of likely N-dealkylation sites (tertiary alicyclic amines) is 2. The van der Waals surface area contributed by atoms with Crippen LogP contribution in [-0.4, -0.2) is 70.0 Å². The number of aryl methyl sites for hydroxylation is 1. The summed E-state index contributed by atoms with van der Waals surface area (Å²) in [6, 6.07) is 0. The lowest BCUT2D eigenvalue weighted by atomic mass is 9.73. The molecule has 0 aromatic carbocycles. The summed E-state index contributed by atoms with van der Waals surface area (Å²) in [5.74, 6) is -1.04. The third-order valence-electron chi connectivity index (χ3n) is 4.82. The maximum atomic E-state index is 12.6. The summed E-state index contributed by atoms with van der Waals surface area (Å²) in [6.45, 7) is 3.88. The summed E-state index contributed by atoms with van der Waals surface area (Å²) >= 11 is 0. The van der Waals surface area contributed by atoms with Crippen LogP contribution in [0.1, 0.15) is 22.6 Å². The van der Waals surface area contributed by atoms with Crippen molar-refractivity contribution in [3.8, 4) is 0 Å². The Hall–Kier alpha value is -2.02. The first-order valence-electron chi connectivity index (χ1n) is 7.42. The van der Waals surface area contributed by atoms with E-state index >= 15 is 0 Å². The predicted octanol–water partition coefficient (Wildman–Crippen LogP) is 0.264. The molecule has 0 spiro atoms. The zero-order valence-electron chi connectivity index (χ0n) is 12.8. The van der Waals surface area contributed by atoms with Gasteiger partial charge in [-0.05, 0) is 32.9 Å². The van der Waals surface area contributed by atoms with Crippen molar-refractivity contribution in [1.82, 2.24) is 19.8 Å². The van der Waals surface area contributed by atoms with Crippen LogP contribution < -0.4 is 0 Å². The van der Waals surface area contributed by atoms with Crippen LogP contribution in [0.2, 0.25) is 0 Å². The van der Waals surface area contributed by atoms with Crippen LogP contribution in [0.25, 0.3) is 0 Å². The highest BCUT2D eigenvalue weighted by Crippen LogP contribution is 2.42. The normalized spacial score (nSPS) is 28.5. The van der Waals surface area contributed by atoms with E-state index in [4.69, 9.17) is 0 Å². The van der Waals surface area contributed by atoms with Gasteiger partial charge in [0.1, 0.15) is 11.1 Å². The summed E-state index contributed by atoms with van der Waals surface area (Å²) in [5.41, 5.74) is 0.161. The Kier molecular flexibility index (Phi) is 3.60. The van der Waals surface area contributed by atoms with E-state index < -0.39 is 11.4 Å². The molecule has 1 N–H and O–H groups in total. The molecule has 2 aliphatic heterocycles. The first-order chi connectivity index (χ1) is 10.4. The first kappa shape index (κ1) is 14.9. The standard InChI is InChI=1S/C15H20N4O3/c1-10-5-17-12(6-16-10)13(20)19-7-11-3-4-18(2)8-15(11,9-19)14(21)22/h5-6,11H,3-4,7-9H2,1-2H3,(H,21,22)/t11-,15-/m0/s1. The predicted molar refractivity (Wildman–Crippen MR) is 78.3 cm³/mol. The number of carbonyl (C=O) groups is 2. The van der Waals surface area contributed by atoms with Crippen LogP contribution in [0.15, 0.2) is 12.4 Å². The van der Waals surface area contributed by atoms with Gasteiger partial charge in [-0.2, -0.15) is 0 Å². The molecule has 2 fully saturated rings. The van der Waals surface area contributed by atoms with E-state index in [1.165, 1.54) is 6.20 Å².